The lowest BCUT2D eigenvalue weighted by atomic mass is 9.79. The van der Waals surface area contributed by atoms with Gasteiger partial charge in [-0.25, -0.2) is 4.68 Å². The van der Waals surface area contributed by atoms with E-state index in [4.69, 9.17) is 27.9 Å². The zero-order valence-corrected chi connectivity index (χ0v) is 23.7. The van der Waals surface area contributed by atoms with Crippen LogP contribution in [0.25, 0.3) is 27.8 Å². The Balaban J connectivity index is 1.39. The molecule has 1 saturated carbocycles. The molecule has 3 aromatic heterocycles. The van der Waals surface area contributed by atoms with E-state index in [0.717, 1.165) is 35.9 Å². The highest BCUT2D eigenvalue weighted by molar-refractivity contribution is 6.31. The average molecular weight is 589 g/mol. The van der Waals surface area contributed by atoms with Gasteiger partial charge in [-0.05, 0) is 48.2 Å². The van der Waals surface area contributed by atoms with Crippen molar-refractivity contribution in [1.82, 2.24) is 29.5 Å². The number of hydrogen-bond donors (Lipinski definition) is 0. The topological polar surface area (TPSA) is 105 Å². The number of benzene rings is 2. The monoisotopic (exact) mass is 588 g/mol. The molecule has 0 spiro atoms. The molecule has 0 radical (unpaired) electrons. The number of Topliss-reactive ketones (excluding diaryl/α,β-unsaturated/α-hetero) is 1. The third-order valence-corrected chi connectivity index (χ3v) is 8.03. The first kappa shape index (κ1) is 27.1. The van der Waals surface area contributed by atoms with Gasteiger partial charge < -0.3 is 9.30 Å². The first-order valence-corrected chi connectivity index (χ1v) is 14.1. The highest BCUT2D eigenvalue weighted by Crippen LogP contribution is 2.38. The lowest BCUT2D eigenvalue weighted by Gasteiger charge is -2.30. The molecule has 41 heavy (non-hydrogen) atoms. The van der Waals surface area contributed by atoms with E-state index in [-0.39, 0.29) is 22.9 Å². The summed E-state index contributed by atoms with van der Waals surface area (Å²) >= 11 is 12.4. The average Bonchev–Trinajstić information content (AvgIpc) is 3.38. The van der Waals surface area contributed by atoms with Crippen LogP contribution in [0.5, 0.6) is 5.75 Å². The van der Waals surface area contributed by atoms with Crippen LogP contribution < -0.4 is 10.3 Å². The van der Waals surface area contributed by atoms with Crippen molar-refractivity contribution in [3.63, 3.8) is 0 Å². The van der Waals surface area contributed by atoms with E-state index < -0.39 is 6.04 Å². The van der Waals surface area contributed by atoms with Gasteiger partial charge in [-0.1, -0.05) is 53.7 Å². The fourth-order valence-electron chi connectivity index (χ4n) is 5.31. The molecule has 0 bridgehead atoms. The van der Waals surface area contributed by atoms with Gasteiger partial charge in [0, 0.05) is 41.0 Å². The molecule has 5 aromatic rings. The van der Waals surface area contributed by atoms with Crippen molar-refractivity contribution in [3.05, 3.63) is 93.3 Å². The molecule has 0 saturated heterocycles. The number of methoxy groups -OCH3 is 1. The smallest absolute Gasteiger partial charge is 0.252 e. The van der Waals surface area contributed by atoms with E-state index in [1.807, 2.05) is 18.2 Å². The fourth-order valence-corrected chi connectivity index (χ4v) is 5.61. The van der Waals surface area contributed by atoms with Gasteiger partial charge >= 0.3 is 0 Å². The Labute approximate surface area is 245 Å². The molecule has 1 aliphatic rings. The van der Waals surface area contributed by atoms with E-state index >= 15 is 0 Å². The van der Waals surface area contributed by atoms with Crippen molar-refractivity contribution in [3.8, 4) is 22.6 Å². The quantitative estimate of drug-likeness (QED) is 0.211. The largest absolute Gasteiger partial charge is 0.495 e. The van der Waals surface area contributed by atoms with Crippen LogP contribution in [0.15, 0.2) is 72.0 Å². The lowest BCUT2D eigenvalue weighted by molar-refractivity contribution is -0.122. The lowest BCUT2D eigenvalue weighted by Crippen LogP contribution is -2.33. The Morgan fingerprint density at radius 3 is 2.54 bits per heavy atom. The minimum absolute atomic E-state index is 0.0438. The van der Waals surface area contributed by atoms with Gasteiger partial charge in [-0.3, -0.25) is 19.6 Å². The van der Waals surface area contributed by atoms with Crippen molar-refractivity contribution in [1.29, 1.82) is 0 Å². The van der Waals surface area contributed by atoms with Crippen LogP contribution in [-0.2, 0) is 11.2 Å². The molecule has 1 fully saturated rings. The molecule has 1 aliphatic carbocycles. The number of rotatable bonds is 9. The predicted octanol–water partition coefficient (Wildman–Crippen LogP) is 5.90. The number of aromatic nitrogens is 6. The summed E-state index contributed by atoms with van der Waals surface area (Å²) in [5, 5.41) is 8.63. The fraction of sp³-hybridized carbons (Fsp3) is 0.267. The van der Waals surface area contributed by atoms with E-state index in [9.17, 15) is 9.59 Å². The van der Waals surface area contributed by atoms with Crippen molar-refractivity contribution in [2.45, 2.75) is 38.1 Å². The third kappa shape index (κ3) is 5.60. The van der Waals surface area contributed by atoms with Gasteiger partial charge in [-0.15, -0.1) is 5.10 Å². The highest BCUT2D eigenvalue weighted by atomic mass is 35.5. The van der Waals surface area contributed by atoms with Crippen LogP contribution in [0.4, 0.5) is 0 Å². The molecular weight excluding hydrogens is 563 g/mol. The predicted molar refractivity (Wildman–Crippen MR) is 157 cm³/mol. The number of ketones is 1. The Morgan fingerprint density at radius 1 is 1.02 bits per heavy atom. The van der Waals surface area contributed by atoms with Gasteiger partial charge in [0.1, 0.15) is 5.75 Å². The molecule has 9 nitrogen and oxygen atoms in total. The summed E-state index contributed by atoms with van der Waals surface area (Å²) in [5.74, 6) is 0.769. The molecular formula is C30H26Cl2N6O3. The van der Waals surface area contributed by atoms with Gasteiger partial charge in [-0.2, -0.15) is 0 Å². The normalized spacial score (nSPS) is 14.1. The molecule has 1 atom stereocenters. The molecule has 11 heteroatoms. The molecule has 1 unspecified atom stereocenters. The second-order valence-electron chi connectivity index (χ2n) is 10.2. The van der Waals surface area contributed by atoms with E-state index in [0.29, 0.717) is 39.9 Å². The Hall–Kier alpha value is -4.08. The van der Waals surface area contributed by atoms with Gasteiger partial charge in [0.2, 0.25) is 0 Å². The molecule has 0 aliphatic heterocycles. The zero-order valence-electron chi connectivity index (χ0n) is 22.2. The molecule has 0 amide bonds. The van der Waals surface area contributed by atoms with Crippen molar-refractivity contribution < 1.29 is 9.53 Å². The molecule has 0 N–H and O–H groups in total. The van der Waals surface area contributed by atoms with Crippen LogP contribution >= 0.6 is 23.2 Å². The van der Waals surface area contributed by atoms with E-state index in [1.165, 1.54) is 22.4 Å². The van der Waals surface area contributed by atoms with Crippen molar-refractivity contribution >= 4 is 40.0 Å². The second kappa shape index (κ2) is 11.4. The van der Waals surface area contributed by atoms with Crippen molar-refractivity contribution in [2.75, 3.05) is 7.11 Å². The van der Waals surface area contributed by atoms with Crippen LogP contribution in [0, 0.1) is 5.92 Å². The summed E-state index contributed by atoms with van der Waals surface area (Å²) in [5.41, 5.74) is 3.74. The maximum Gasteiger partial charge on any atom is 0.252 e. The molecule has 208 valence electrons. The highest BCUT2D eigenvalue weighted by Gasteiger charge is 2.29. The van der Waals surface area contributed by atoms with E-state index in [1.54, 1.807) is 43.0 Å². The number of halogens is 2. The number of nitrogens with zero attached hydrogens (tertiary/aromatic N) is 6. The number of carbonyl (C=O) groups excluding carboxylic acids is 1. The Bertz CT molecular complexity index is 1810. The SMILES string of the molecule is COc1cn(C(CC2CCC2)C(=O)Cc2ccc3nccnc3c2)c(=O)cc1-c1cc(Cl)ccc1-n1cc(Cl)nn1. The number of hydrogen-bond acceptors (Lipinski definition) is 7. The zero-order chi connectivity index (χ0) is 28.5. The Kier molecular flexibility index (Phi) is 7.55. The van der Waals surface area contributed by atoms with Gasteiger partial charge in [0.25, 0.3) is 5.56 Å². The second-order valence-corrected chi connectivity index (χ2v) is 11.0. The standard InChI is InChI=1S/C30H26Cl2N6O3/c1-41-28-16-37(30(40)15-22(28)21-14-20(31)6-8-25(21)38-17-29(32)35-36-38)26(12-18-3-2-4-18)27(39)13-19-5-7-23-24(11-19)34-10-9-33-23/h5-11,14-18,26H,2-4,12-13H2,1H3. The summed E-state index contributed by atoms with van der Waals surface area (Å²) in [6, 6.07) is 11.7. The number of fused-ring (bicyclic) bond motifs is 1. The van der Waals surface area contributed by atoms with Crippen molar-refractivity contribution in [2.24, 2.45) is 5.92 Å². The maximum absolute atomic E-state index is 13.8. The number of pyridine rings is 1. The van der Waals surface area contributed by atoms with E-state index in [2.05, 4.69) is 20.3 Å². The summed E-state index contributed by atoms with van der Waals surface area (Å²) in [7, 11) is 1.53. The van der Waals surface area contributed by atoms with Crippen LogP contribution in [0.2, 0.25) is 10.2 Å². The van der Waals surface area contributed by atoms with Gasteiger partial charge in [0.05, 0.1) is 42.3 Å². The maximum atomic E-state index is 13.8. The molecule has 6 rings (SSSR count). The van der Waals surface area contributed by atoms with Crippen LogP contribution in [-0.4, -0.2) is 42.4 Å². The summed E-state index contributed by atoms with van der Waals surface area (Å²) in [6.07, 6.45) is 10.5. The summed E-state index contributed by atoms with van der Waals surface area (Å²) in [6.45, 7) is 0. The number of ether oxygens (including phenoxy) is 1. The first-order valence-electron chi connectivity index (χ1n) is 13.3. The summed E-state index contributed by atoms with van der Waals surface area (Å²) < 4.78 is 8.80. The van der Waals surface area contributed by atoms with Gasteiger partial charge in [0.15, 0.2) is 10.9 Å². The minimum Gasteiger partial charge on any atom is -0.495 e. The molecule has 3 heterocycles. The Morgan fingerprint density at radius 2 is 1.83 bits per heavy atom. The molecule has 2 aromatic carbocycles. The number of carbonyl (C=O) groups is 1. The summed E-state index contributed by atoms with van der Waals surface area (Å²) in [4.78, 5) is 36.2. The third-order valence-electron chi connectivity index (χ3n) is 7.63. The minimum atomic E-state index is -0.638. The van der Waals surface area contributed by atoms with Crippen LogP contribution in [0.1, 0.15) is 37.3 Å². The first-order chi connectivity index (χ1) is 19.9. The van der Waals surface area contributed by atoms with Crippen LogP contribution in [0.3, 0.4) is 0 Å².